The number of rotatable bonds is 7. The second kappa shape index (κ2) is 11.7. The maximum Gasteiger partial charge on any atom is 0.407 e. The maximum atomic E-state index is 12.5. The van der Waals surface area contributed by atoms with Crippen molar-refractivity contribution < 1.29 is 14.3 Å². The Hall–Kier alpha value is -2.77. The molecule has 0 aliphatic carbocycles. The normalized spacial score (nSPS) is 16.6. The van der Waals surface area contributed by atoms with Crippen LogP contribution in [0.15, 0.2) is 29.3 Å². The van der Waals surface area contributed by atoms with Crippen LogP contribution >= 0.6 is 0 Å². The molecule has 1 atom stereocenters. The van der Waals surface area contributed by atoms with Crippen LogP contribution in [0, 0.1) is 0 Å². The predicted octanol–water partition coefficient (Wildman–Crippen LogP) is 3.23. The molecule has 1 heterocycles. The lowest BCUT2D eigenvalue weighted by Gasteiger charge is -2.23. The number of hydrogen-bond donors (Lipinski definition) is 2. The Balaban J connectivity index is 1.97. The van der Waals surface area contributed by atoms with Crippen LogP contribution in [0.25, 0.3) is 0 Å². The summed E-state index contributed by atoms with van der Waals surface area (Å²) in [6.07, 6.45) is 0.455. The van der Waals surface area contributed by atoms with E-state index in [9.17, 15) is 9.59 Å². The van der Waals surface area contributed by atoms with Gasteiger partial charge in [0.15, 0.2) is 5.96 Å². The Morgan fingerprint density at radius 2 is 1.81 bits per heavy atom. The summed E-state index contributed by atoms with van der Waals surface area (Å²) in [6.45, 7) is 15.7. The minimum Gasteiger partial charge on any atom is -0.444 e. The first-order valence-corrected chi connectivity index (χ1v) is 11.6. The lowest BCUT2D eigenvalue weighted by atomic mass is 10.1. The molecule has 1 saturated heterocycles. The number of hydrogen-bond acceptors (Lipinski definition) is 4. The van der Waals surface area contributed by atoms with Crippen molar-refractivity contribution in [3.8, 4) is 0 Å². The fourth-order valence-corrected chi connectivity index (χ4v) is 3.58. The first-order valence-electron chi connectivity index (χ1n) is 11.6. The molecule has 178 valence electrons. The van der Waals surface area contributed by atoms with Gasteiger partial charge in [0.25, 0.3) is 5.91 Å². The highest BCUT2D eigenvalue weighted by atomic mass is 16.6. The summed E-state index contributed by atoms with van der Waals surface area (Å²) in [4.78, 5) is 33.3. The van der Waals surface area contributed by atoms with E-state index < -0.39 is 5.60 Å². The van der Waals surface area contributed by atoms with Crippen LogP contribution in [0.1, 0.15) is 63.9 Å². The van der Waals surface area contributed by atoms with E-state index >= 15 is 0 Å². The summed E-state index contributed by atoms with van der Waals surface area (Å²) in [6, 6.07) is 7.69. The van der Waals surface area contributed by atoms with Gasteiger partial charge in [-0.05, 0) is 65.7 Å². The highest BCUT2D eigenvalue weighted by Crippen LogP contribution is 2.13. The summed E-state index contributed by atoms with van der Waals surface area (Å²) in [7, 11) is 0. The SMILES string of the molecule is CCNC(=NCc1ccc(C(=O)N(CC)CC)cc1)N1CCC(NC(=O)OC(C)(C)C)C1. The fourth-order valence-electron chi connectivity index (χ4n) is 3.58. The molecular weight excluding hydrogens is 406 g/mol. The summed E-state index contributed by atoms with van der Waals surface area (Å²) in [5.74, 6) is 0.878. The molecule has 1 aliphatic rings. The zero-order valence-corrected chi connectivity index (χ0v) is 20.4. The van der Waals surface area contributed by atoms with Gasteiger partial charge >= 0.3 is 6.09 Å². The van der Waals surface area contributed by atoms with E-state index in [1.807, 2.05) is 70.7 Å². The largest absolute Gasteiger partial charge is 0.444 e. The van der Waals surface area contributed by atoms with Crippen LogP contribution in [0.5, 0.6) is 0 Å². The average molecular weight is 446 g/mol. The van der Waals surface area contributed by atoms with Crippen LogP contribution in [0.4, 0.5) is 4.79 Å². The van der Waals surface area contributed by atoms with E-state index in [0.717, 1.165) is 31.0 Å². The van der Waals surface area contributed by atoms with Crippen LogP contribution in [-0.4, -0.2) is 72.1 Å². The van der Waals surface area contributed by atoms with Gasteiger partial charge in [0.1, 0.15) is 5.60 Å². The van der Waals surface area contributed by atoms with Crippen LogP contribution in [0.3, 0.4) is 0 Å². The molecule has 0 spiro atoms. The molecule has 8 heteroatoms. The van der Waals surface area contributed by atoms with Gasteiger partial charge in [-0.25, -0.2) is 9.79 Å². The number of benzene rings is 1. The second-order valence-electron chi connectivity index (χ2n) is 8.92. The van der Waals surface area contributed by atoms with Crippen molar-refractivity contribution in [2.24, 2.45) is 4.99 Å². The van der Waals surface area contributed by atoms with Crippen molar-refractivity contribution in [1.29, 1.82) is 0 Å². The van der Waals surface area contributed by atoms with Crippen LogP contribution in [0.2, 0.25) is 0 Å². The standard InChI is InChI=1S/C24H39N5O3/c1-7-25-22(29-15-14-20(17-29)27-23(31)32-24(4,5)6)26-16-18-10-12-19(13-11-18)21(30)28(8-2)9-3/h10-13,20H,7-9,14-17H2,1-6H3,(H,25,26)(H,27,31). The van der Waals surface area contributed by atoms with E-state index in [4.69, 9.17) is 9.73 Å². The van der Waals surface area contributed by atoms with Gasteiger partial charge in [-0.15, -0.1) is 0 Å². The first-order chi connectivity index (χ1) is 15.2. The summed E-state index contributed by atoms with van der Waals surface area (Å²) >= 11 is 0. The lowest BCUT2D eigenvalue weighted by Crippen LogP contribution is -2.44. The number of ether oxygens (including phenoxy) is 1. The molecular formula is C24H39N5O3. The fraction of sp³-hybridized carbons (Fsp3) is 0.625. The maximum absolute atomic E-state index is 12.5. The van der Waals surface area contributed by atoms with E-state index in [2.05, 4.69) is 15.5 Å². The number of alkyl carbamates (subject to hydrolysis) is 1. The molecule has 0 aromatic heterocycles. The molecule has 2 amide bonds. The number of nitrogens with zero attached hydrogens (tertiary/aromatic N) is 3. The summed E-state index contributed by atoms with van der Waals surface area (Å²) in [5.41, 5.74) is 1.23. The summed E-state index contributed by atoms with van der Waals surface area (Å²) < 4.78 is 5.36. The minimum absolute atomic E-state index is 0.0269. The Morgan fingerprint density at radius 3 is 2.38 bits per heavy atom. The first kappa shape index (κ1) is 25.5. The molecule has 2 rings (SSSR count). The quantitative estimate of drug-likeness (QED) is 0.497. The third-order valence-electron chi connectivity index (χ3n) is 5.21. The number of likely N-dealkylation sites (tertiary alicyclic amines) is 1. The molecule has 1 unspecified atom stereocenters. The van der Waals surface area contributed by atoms with Crippen molar-refractivity contribution in [3.63, 3.8) is 0 Å². The molecule has 0 bridgehead atoms. The van der Waals surface area contributed by atoms with Gasteiger partial charge < -0.3 is 25.2 Å². The predicted molar refractivity (Wildman–Crippen MR) is 128 cm³/mol. The van der Waals surface area contributed by atoms with Gasteiger partial charge in [-0.2, -0.15) is 0 Å². The van der Waals surface area contributed by atoms with E-state index in [0.29, 0.717) is 31.7 Å². The average Bonchev–Trinajstić information content (AvgIpc) is 3.19. The van der Waals surface area contributed by atoms with E-state index in [1.165, 1.54) is 0 Å². The van der Waals surface area contributed by atoms with Gasteiger partial charge in [-0.3, -0.25) is 4.79 Å². The zero-order valence-electron chi connectivity index (χ0n) is 20.4. The minimum atomic E-state index is -0.510. The van der Waals surface area contributed by atoms with Crippen molar-refractivity contribution in [2.45, 2.75) is 66.2 Å². The molecule has 1 aromatic carbocycles. The molecule has 0 saturated carbocycles. The van der Waals surface area contributed by atoms with Crippen LogP contribution < -0.4 is 10.6 Å². The second-order valence-corrected chi connectivity index (χ2v) is 8.92. The lowest BCUT2D eigenvalue weighted by molar-refractivity contribution is 0.0506. The zero-order chi connectivity index (χ0) is 23.7. The van der Waals surface area contributed by atoms with Gasteiger partial charge in [0.2, 0.25) is 0 Å². The van der Waals surface area contributed by atoms with Gasteiger partial charge in [0, 0.05) is 38.3 Å². The van der Waals surface area contributed by atoms with Crippen molar-refractivity contribution in [2.75, 3.05) is 32.7 Å². The number of amides is 2. The topological polar surface area (TPSA) is 86.3 Å². The Kier molecular flexibility index (Phi) is 9.35. The molecule has 32 heavy (non-hydrogen) atoms. The molecule has 1 aliphatic heterocycles. The highest BCUT2D eigenvalue weighted by molar-refractivity contribution is 5.94. The monoisotopic (exact) mass is 445 g/mol. The molecule has 1 fully saturated rings. The van der Waals surface area contributed by atoms with E-state index in [1.54, 1.807) is 0 Å². The van der Waals surface area contributed by atoms with Crippen molar-refractivity contribution in [3.05, 3.63) is 35.4 Å². The van der Waals surface area contributed by atoms with Gasteiger partial charge in [0.05, 0.1) is 12.6 Å². The third-order valence-corrected chi connectivity index (χ3v) is 5.21. The summed E-state index contributed by atoms with van der Waals surface area (Å²) in [5, 5.41) is 6.29. The Labute approximate surface area is 192 Å². The van der Waals surface area contributed by atoms with Crippen molar-refractivity contribution in [1.82, 2.24) is 20.4 Å². The Morgan fingerprint density at radius 1 is 1.16 bits per heavy atom. The number of carbonyl (C=O) groups excluding carboxylic acids is 2. The smallest absolute Gasteiger partial charge is 0.407 e. The van der Waals surface area contributed by atoms with Crippen molar-refractivity contribution >= 4 is 18.0 Å². The van der Waals surface area contributed by atoms with Gasteiger partial charge in [-0.1, -0.05) is 12.1 Å². The van der Waals surface area contributed by atoms with Crippen LogP contribution in [-0.2, 0) is 11.3 Å². The molecule has 2 N–H and O–H groups in total. The molecule has 1 aromatic rings. The highest BCUT2D eigenvalue weighted by Gasteiger charge is 2.27. The third kappa shape index (κ3) is 7.73. The van der Waals surface area contributed by atoms with E-state index in [-0.39, 0.29) is 18.0 Å². The number of nitrogens with one attached hydrogen (secondary N) is 2. The molecule has 8 nitrogen and oxygen atoms in total. The number of aliphatic imine (C=N–C) groups is 1. The number of carbonyl (C=O) groups is 2. The Bertz CT molecular complexity index is 782. The molecule has 0 radical (unpaired) electrons. The number of guanidine groups is 1.